The average Bonchev–Trinajstić information content (AvgIpc) is 2.80. The Kier molecular flexibility index (Phi) is 3.48. The number of aromatic nitrogens is 2. The molecule has 0 aliphatic carbocycles. The van der Waals surface area contributed by atoms with Crippen molar-refractivity contribution in [3.05, 3.63) is 41.7 Å². The molecule has 0 fully saturated rings. The van der Waals surface area contributed by atoms with Gasteiger partial charge >= 0.3 is 0 Å². The summed E-state index contributed by atoms with van der Waals surface area (Å²) in [5.74, 6) is 1.16. The van der Waals surface area contributed by atoms with E-state index < -0.39 is 5.60 Å². The van der Waals surface area contributed by atoms with Crippen molar-refractivity contribution in [2.24, 2.45) is 7.05 Å². The number of benzene rings is 1. The second-order valence-corrected chi connectivity index (χ2v) is 4.46. The average molecular weight is 262 g/mol. The van der Waals surface area contributed by atoms with Crippen LogP contribution in [0.1, 0.15) is 18.2 Å². The Morgan fingerprint density at radius 3 is 2.42 bits per heavy atom. The van der Waals surface area contributed by atoms with E-state index in [0.29, 0.717) is 22.8 Å². The molecule has 2 rings (SSSR count). The molecule has 1 heterocycles. The molecule has 0 saturated carbocycles. The van der Waals surface area contributed by atoms with Gasteiger partial charge in [0.25, 0.3) is 0 Å². The van der Waals surface area contributed by atoms with Gasteiger partial charge in [-0.3, -0.25) is 4.68 Å². The van der Waals surface area contributed by atoms with Crippen LogP contribution in [0, 0.1) is 0 Å². The Morgan fingerprint density at radius 1 is 1.16 bits per heavy atom. The molecule has 0 aliphatic rings. The number of rotatable bonds is 4. The summed E-state index contributed by atoms with van der Waals surface area (Å²) >= 11 is 0. The first kappa shape index (κ1) is 13.4. The largest absolute Gasteiger partial charge is 0.496 e. The smallest absolute Gasteiger partial charge is 0.163 e. The normalized spacial score (nSPS) is 13.9. The first-order chi connectivity index (χ1) is 9.02. The first-order valence-electron chi connectivity index (χ1n) is 5.94. The van der Waals surface area contributed by atoms with E-state index in [9.17, 15) is 5.11 Å². The van der Waals surface area contributed by atoms with Gasteiger partial charge in [0.05, 0.1) is 20.4 Å². The third-order valence-electron chi connectivity index (χ3n) is 3.22. The maximum Gasteiger partial charge on any atom is 0.163 e. The number of aryl methyl sites for hydroxylation is 1. The number of para-hydroxylation sites is 1. The molecule has 102 valence electrons. The summed E-state index contributed by atoms with van der Waals surface area (Å²) in [7, 11) is 4.90. The monoisotopic (exact) mass is 262 g/mol. The molecule has 0 aliphatic heterocycles. The molecular weight excluding hydrogens is 244 g/mol. The topological polar surface area (TPSA) is 56.5 Å². The molecule has 1 unspecified atom stereocenters. The summed E-state index contributed by atoms with van der Waals surface area (Å²) in [4.78, 5) is 0. The lowest BCUT2D eigenvalue weighted by atomic mass is 9.91. The van der Waals surface area contributed by atoms with Gasteiger partial charge in [0, 0.05) is 12.6 Å². The number of methoxy groups -OCH3 is 2. The zero-order valence-corrected chi connectivity index (χ0v) is 11.5. The summed E-state index contributed by atoms with van der Waals surface area (Å²) in [6, 6.07) is 7.35. The molecule has 0 saturated heterocycles. The SMILES string of the molecule is COc1ccccc1C(C)(O)c1c(OC)cnn1C. The van der Waals surface area contributed by atoms with Gasteiger partial charge in [0.2, 0.25) is 0 Å². The van der Waals surface area contributed by atoms with Crippen LogP contribution >= 0.6 is 0 Å². The summed E-state index contributed by atoms with van der Waals surface area (Å²) in [5.41, 5.74) is -0.0117. The Bertz CT molecular complexity index is 576. The van der Waals surface area contributed by atoms with Crippen LogP contribution in [-0.2, 0) is 12.6 Å². The van der Waals surface area contributed by atoms with Gasteiger partial charge < -0.3 is 14.6 Å². The fourth-order valence-corrected chi connectivity index (χ4v) is 2.30. The van der Waals surface area contributed by atoms with Gasteiger partial charge in [-0.05, 0) is 13.0 Å². The van der Waals surface area contributed by atoms with Crippen molar-refractivity contribution >= 4 is 0 Å². The standard InChI is InChI=1S/C14H18N2O3/c1-14(17,10-7-5-6-8-11(10)18-3)13-12(19-4)9-15-16(13)2/h5-9,17H,1-4H3. The maximum atomic E-state index is 10.9. The molecule has 1 aromatic heterocycles. The predicted molar refractivity (Wildman–Crippen MR) is 71.4 cm³/mol. The lowest BCUT2D eigenvalue weighted by Crippen LogP contribution is -2.27. The summed E-state index contributed by atoms with van der Waals surface area (Å²) in [5, 5.41) is 15.1. The van der Waals surface area contributed by atoms with Crippen molar-refractivity contribution in [3.63, 3.8) is 0 Å². The summed E-state index contributed by atoms with van der Waals surface area (Å²) < 4.78 is 12.2. The zero-order chi connectivity index (χ0) is 14.0. The van der Waals surface area contributed by atoms with Gasteiger partial charge in [-0.15, -0.1) is 0 Å². The van der Waals surface area contributed by atoms with Crippen molar-refractivity contribution in [1.82, 2.24) is 9.78 Å². The van der Waals surface area contributed by atoms with Crippen LogP contribution in [0.25, 0.3) is 0 Å². The van der Waals surface area contributed by atoms with Crippen LogP contribution in [-0.4, -0.2) is 29.1 Å². The second-order valence-electron chi connectivity index (χ2n) is 4.46. The lowest BCUT2D eigenvalue weighted by molar-refractivity contribution is 0.0867. The Morgan fingerprint density at radius 2 is 1.79 bits per heavy atom. The molecule has 2 aromatic rings. The summed E-state index contributed by atoms with van der Waals surface area (Å²) in [6.45, 7) is 1.70. The first-order valence-corrected chi connectivity index (χ1v) is 5.94. The van der Waals surface area contributed by atoms with Gasteiger partial charge in [0.15, 0.2) is 5.75 Å². The van der Waals surface area contributed by atoms with Crippen molar-refractivity contribution in [3.8, 4) is 11.5 Å². The maximum absolute atomic E-state index is 10.9. The predicted octanol–water partition coefficient (Wildman–Crippen LogP) is 1.69. The Balaban J connectivity index is 2.61. The van der Waals surface area contributed by atoms with E-state index in [4.69, 9.17) is 9.47 Å². The van der Waals surface area contributed by atoms with E-state index in [1.54, 1.807) is 39.1 Å². The van der Waals surface area contributed by atoms with Crippen LogP contribution in [0.4, 0.5) is 0 Å². The van der Waals surface area contributed by atoms with E-state index in [-0.39, 0.29) is 0 Å². The van der Waals surface area contributed by atoms with Crippen molar-refractivity contribution in [2.75, 3.05) is 14.2 Å². The molecule has 1 aromatic carbocycles. The van der Waals surface area contributed by atoms with E-state index in [1.165, 1.54) is 0 Å². The van der Waals surface area contributed by atoms with Crippen LogP contribution in [0.15, 0.2) is 30.5 Å². The zero-order valence-electron chi connectivity index (χ0n) is 11.5. The molecule has 5 heteroatoms. The van der Waals surface area contributed by atoms with Gasteiger partial charge in [-0.25, -0.2) is 0 Å². The van der Waals surface area contributed by atoms with Crippen LogP contribution in [0.5, 0.6) is 11.5 Å². The number of ether oxygens (including phenoxy) is 2. The second kappa shape index (κ2) is 4.93. The quantitative estimate of drug-likeness (QED) is 0.911. The van der Waals surface area contributed by atoms with Gasteiger partial charge in [-0.1, -0.05) is 18.2 Å². The molecular formula is C14H18N2O3. The molecule has 5 nitrogen and oxygen atoms in total. The molecule has 0 bridgehead atoms. The van der Waals surface area contributed by atoms with Gasteiger partial charge in [-0.2, -0.15) is 5.10 Å². The number of aliphatic hydroxyl groups is 1. The highest BCUT2D eigenvalue weighted by atomic mass is 16.5. The molecule has 1 N–H and O–H groups in total. The van der Waals surface area contributed by atoms with E-state index in [2.05, 4.69) is 5.10 Å². The third kappa shape index (κ3) is 2.17. The number of hydrogen-bond donors (Lipinski definition) is 1. The molecule has 0 spiro atoms. The molecule has 19 heavy (non-hydrogen) atoms. The third-order valence-corrected chi connectivity index (χ3v) is 3.22. The van der Waals surface area contributed by atoms with Gasteiger partial charge in [0.1, 0.15) is 17.0 Å². The van der Waals surface area contributed by atoms with E-state index in [0.717, 1.165) is 0 Å². The van der Waals surface area contributed by atoms with Crippen molar-refractivity contribution < 1.29 is 14.6 Å². The lowest BCUT2D eigenvalue weighted by Gasteiger charge is -2.26. The minimum atomic E-state index is -1.26. The van der Waals surface area contributed by atoms with Crippen molar-refractivity contribution in [1.29, 1.82) is 0 Å². The number of hydrogen-bond acceptors (Lipinski definition) is 4. The summed E-state index contributed by atoms with van der Waals surface area (Å²) in [6.07, 6.45) is 1.58. The highest BCUT2D eigenvalue weighted by Gasteiger charge is 2.35. The minimum absolute atomic E-state index is 0.540. The fraction of sp³-hybridized carbons (Fsp3) is 0.357. The molecule has 1 atom stereocenters. The highest BCUT2D eigenvalue weighted by molar-refractivity contribution is 5.46. The minimum Gasteiger partial charge on any atom is -0.496 e. The van der Waals surface area contributed by atoms with E-state index in [1.807, 2.05) is 24.3 Å². The Labute approximate surface area is 112 Å². The van der Waals surface area contributed by atoms with Crippen molar-refractivity contribution in [2.45, 2.75) is 12.5 Å². The fourth-order valence-electron chi connectivity index (χ4n) is 2.30. The highest BCUT2D eigenvalue weighted by Crippen LogP contribution is 2.38. The van der Waals surface area contributed by atoms with E-state index >= 15 is 0 Å². The van der Waals surface area contributed by atoms with Crippen LogP contribution in [0.3, 0.4) is 0 Å². The molecule has 0 radical (unpaired) electrons. The van der Waals surface area contributed by atoms with Crippen LogP contribution in [0.2, 0.25) is 0 Å². The molecule has 0 amide bonds. The van der Waals surface area contributed by atoms with Crippen LogP contribution < -0.4 is 9.47 Å². The number of nitrogens with zero attached hydrogens (tertiary/aromatic N) is 2. The Hall–Kier alpha value is -2.01.